The lowest BCUT2D eigenvalue weighted by Crippen LogP contribution is -2.48. The summed E-state index contributed by atoms with van der Waals surface area (Å²) in [5.41, 5.74) is 3.20. The molecule has 1 atom stereocenters. The zero-order valence-electron chi connectivity index (χ0n) is 16.5. The van der Waals surface area contributed by atoms with Crippen LogP contribution in [0.25, 0.3) is 0 Å². The number of benzene rings is 2. The van der Waals surface area contributed by atoms with Crippen molar-refractivity contribution in [2.24, 2.45) is 4.99 Å². The van der Waals surface area contributed by atoms with Crippen LogP contribution >= 0.6 is 11.6 Å². The van der Waals surface area contributed by atoms with Crippen LogP contribution in [-0.2, 0) is 0 Å². The maximum Gasteiger partial charge on any atom is 0.144 e. The van der Waals surface area contributed by atoms with E-state index in [1.165, 1.54) is 0 Å². The Morgan fingerprint density at radius 3 is 2.74 bits per heavy atom. The van der Waals surface area contributed by atoms with E-state index in [0.29, 0.717) is 27.9 Å². The normalized spacial score (nSPS) is 18.6. The summed E-state index contributed by atoms with van der Waals surface area (Å²) in [6.07, 6.45) is 2.57. The molecule has 0 aliphatic carbocycles. The van der Waals surface area contributed by atoms with E-state index in [9.17, 15) is 4.39 Å². The van der Waals surface area contributed by atoms with Gasteiger partial charge in [-0.15, -0.1) is 0 Å². The van der Waals surface area contributed by atoms with E-state index in [1.807, 2.05) is 6.07 Å². The fraction of sp³-hybridized carbons (Fsp3) is 0.409. The number of aliphatic imine (C=N–C) groups is 1. The molecule has 0 N–H and O–H groups in total. The molecular formula is C22H26ClFN2O. The molecular weight excluding hydrogens is 363 g/mol. The van der Waals surface area contributed by atoms with Crippen LogP contribution in [0.5, 0.6) is 5.75 Å². The zero-order chi connectivity index (χ0) is 19.8. The maximum absolute atomic E-state index is 14.9. The quantitative estimate of drug-likeness (QED) is 0.570. The number of rotatable bonds is 4. The van der Waals surface area contributed by atoms with Gasteiger partial charge in [0.15, 0.2) is 0 Å². The number of ether oxygens (including phenoxy) is 1. The van der Waals surface area contributed by atoms with E-state index in [2.05, 4.69) is 37.6 Å². The molecule has 1 heterocycles. The van der Waals surface area contributed by atoms with Crippen LogP contribution in [0.1, 0.15) is 51.2 Å². The molecule has 0 radical (unpaired) electrons. The number of fused-ring (bicyclic) bond motifs is 1. The van der Waals surface area contributed by atoms with Gasteiger partial charge in [0, 0.05) is 34.6 Å². The maximum atomic E-state index is 14.9. The highest BCUT2D eigenvalue weighted by molar-refractivity contribution is 6.30. The molecule has 27 heavy (non-hydrogen) atoms. The second-order valence-corrected chi connectivity index (χ2v) is 8.11. The fourth-order valence-electron chi connectivity index (χ4n) is 4.12. The smallest absolute Gasteiger partial charge is 0.144 e. The van der Waals surface area contributed by atoms with Crippen molar-refractivity contribution >= 4 is 29.2 Å². The number of anilines is 1. The van der Waals surface area contributed by atoms with Crippen molar-refractivity contribution in [2.45, 2.75) is 45.6 Å². The Hall–Kier alpha value is -2.07. The molecule has 2 aromatic rings. The van der Waals surface area contributed by atoms with E-state index in [1.54, 1.807) is 37.6 Å². The van der Waals surface area contributed by atoms with Crippen LogP contribution in [0.15, 0.2) is 35.3 Å². The predicted molar refractivity (Wildman–Crippen MR) is 112 cm³/mol. The molecule has 2 aromatic carbocycles. The Labute approximate surface area is 165 Å². The first-order valence-electron chi connectivity index (χ1n) is 9.25. The van der Waals surface area contributed by atoms with Gasteiger partial charge in [0.25, 0.3) is 0 Å². The van der Waals surface area contributed by atoms with Crippen LogP contribution in [-0.4, -0.2) is 25.4 Å². The number of hydrogen-bond acceptors (Lipinski definition) is 3. The second kappa shape index (κ2) is 7.51. The van der Waals surface area contributed by atoms with E-state index < -0.39 is 0 Å². The van der Waals surface area contributed by atoms with Crippen molar-refractivity contribution < 1.29 is 9.13 Å². The zero-order valence-corrected chi connectivity index (χ0v) is 17.3. The summed E-state index contributed by atoms with van der Waals surface area (Å²) in [5, 5.41) is 0.559. The summed E-state index contributed by atoms with van der Waals surface area (Å²) >= 11 is 6.05. The van der Waals surface area contributed by atoms with Gasteiger partial charge in [0.05, 0.1) is 7.11 Å². The average molecular weight is 389 g/mol. The summed E-state index contributed by atoms with van der Waals surface area (Å²) in [4.78, 5) is 6.71. The van der Waals surface area contributed by atoms with Crippen molar-refractivity contribution in [3.63, 3.8) is 0 Å². The number of halogens is 2. The Balaban J connectivity index is 2.02. The summed E-state index contributed by atoms with van der Waals surface area (Å²) < 4.78 is 20.2. The van der Waals surface area contributed by atoms with E-state index in [0.717, 1.165) is 24.2 Å². The lowest BCUT2D eigenvalue weighted by atomic mass is 9.79. The third kappa shape index (κ3) is 3.81. The van der Waals surface area contributed by atoms with Crippen molar-refractivity contribution in [2.75, 3.05) is 18.6 Å². The first-order valence-corrected chi connectivity index (χ1v) is 9.63. The summed E-state index contributed by atoms with van der Waals surface area (Å²) in [6, 6.07) is 8.76. The molecule has 1 aliphatic heterocycles. The lowest BCUT2D eigenvalue weighted by molar-refractivity contribution is 0.380. The minimum Gasteiger partial charge on any atom is -0.494 e. The Morgan fingerprint density at radius 1 is 1.33 bits per heavy atom. The minimum absolute atomic E-state index is 0.0113. The predicted octanol–water partition coefficient (Wildman–Crippen LogP) is 6.35. The van der Waals surface area contributed by atoms with Crippen LogP contribution in [0.4, 0.5) is 15.8 Å². The number of methoxy groups -OCH3 is 1. The molecule has 3 nitrogen and oxygen atoms in total. The van der Waals surface area contributed by atoms with E-state index >= 15 is 0 Å². The molecule has 3 rings (SSSR count). The van der Waals surface area contributed by atoms with Crippen LogP contribution in [0, 0.1) is 5.82 Å². The van der Waals surface area contributed by atoms with Crippen molar-refractivity contribution in [3.05, 3.63) is 52.3 Å². The molecule has 0 bridgehead atoms. The minimum atomic E-state index is -0.276. The van der Waals surface area contributed by atoms with Crippen LogP contribution in [0.3, 0.4) is 0 Å². The van der Waals surface area contributed by atoms with Gasteiger partial charge in [0.1, 0.15) is 17.3 Å². The van der Waals surface area contributed by atoms with Crippen LogP contribution in [0.2, 0.25) is 5.02 Å². The highest BCUT2D eigenvalue weighted by Crippen LogP contribution is 2.44. The van der Waals surface area contributed by atoms with Gasteiger partial charge < -0.3 is 9.64 Å². The molecule has 1 unspecified atom stereocenters. The topological polar surface area (TPSA) is 24.8 Å². The number of nitrogens with zero attached hydrogens (tertiary/aromatic N) is 2. The Bertz CT molecular complexity index is 879. The molecule has 0 spiro atoms. The van der Waals surface area contributed by atoms with Gasteiger partial charge in [-0.05, 0) is 69.0 Å². The Kier molecular flexibility index (Phi) is 5.48. The third-order valence-electron chi connectivity index (χ3n) is 5.30. The summed E-state index contributed by atoms with van der Waals surface area (Å²) in [7, 11) is 1.57. The molecule has 0 aromatic heterocycles. The van der Waals surface area contributed by atoms with Crippen molar-refractivity contribution in [1.29, 1.82) is 0 Å². The SMILES string of the molecule is CCN1c2cc(F)c(C=Nc3cc(Cl)ccc3OC)cc2C(C)CC1(C)C. The van der Waals surface area contributed by atoms with Crippen molar-refractivity contribution in [3.8, 4) is 5.75 Å². The first kappa shape index (κ1) is 19.7. The molecule has 1 aliphatic rings. The fourth-order valence-corrected chi connectivity index (χ4v) is 4.29. The molecule has 0 saturated heterocycles. The monoisotopic (exact) mass is 388 g/mol. The van der Waals surface area contributed by atoms with Gasteiger partial charge in [-0.3, -0.25) is 4.99 Å². The molecule has 5 heteroatoms. The first-order chi connectivity index (χ1) is 12.8. The molecule has 0 fully saturated rings. The van der Waals surface area contributed by atoms with Gasteiger partial charge in [0.2, 0.25) is 0 Å². The highest BCUT2D eigenvalue weighted by Gasteiger charge is 2.36. The van der Waals surface area contributed by atoms with Crippen LogP contribution < -0.4 is 9.64 Å². The van der Waals surface area contributed by atoms with Gasteiger partial charge in [-0.25, -0.2) is 4.39 Å². The average Bonchev–Trinajstić information content (AvgIpc) is 2.60. The largest absolute Gasteiger partial charge is 0.494 e. The van der Waals surface area contributed by atoms with Gasteiger partial charge in [-0.2, -0.15) is 0 Å². The lowest BCUT2D eigenvalue weighted by Gasteiger charge is -2.47. The van der Waals surface area contributed by atoms with E-state index in [4.69, 9.17) is 16.3 Å². The highest BCUT2D eigenvalue weighted by atomic mass is 35.5. The van der Waals surface area contributed by atoms with Gasteiger partial charge >= 0.3 is 0 Å². The van der Waals surface area contributed by atoms with Crippen molar-refractivity contribution in [1.82, 2.24) is 0 Å². The number of hydrogen-bond donors (Lipinski definition) is 0. The third-order valence-corrected chi connectivity index (χ3v) is 5.54. The summed E-state index contributed by atoms with van der Waals surface area (Å²) in [6.45, 7) is 9.59. The molecule has 0 amide bonds. The summed E-state index contributed by atoms with van der Waals surface area (Å²) in [5.74, 6) is 0.675. The van der Waals surface area contributed by atoms with E-state index in [-0.39, 0.29) is 11.4 Å². The molecule has 0 saturated carbocycles. The molecule has 144 valence electrons. The van der Waals surface area contributed by atoms with Gasteiger partial charge in [-0.1, -0.05) is 18.5 Å². The second-order valence-electron chi connectivity index (χ2n) is 7.67. The standard InChI is InChI=1S/C22H26ClFN2O/c1-6-26-20-11-18(24)15(9-17(20)14(2)12-22(26,3)4)13-25-19-10-16(23)7-8-21(19)27-5/h7-11,13-14H,6,12H2,1-5H3. The Morgan fingerprint density at radius 2 is 2.07 bits per heavy atom.